The average Bonchev–Trinajstić information content (AvgIpc) is 2.81. The van der Waals surface area contributed by atoms with E-state index in [9.17, 15) is 9.59 Å². The number of hydrogen-bond acceptors (Lipinski definition) is 3. The molecule has 12 heavy (non-hydrogen) atoms. The van der Waals surface area contributed by atoms with Gasteiger partial charge in [-0.05, 0) is 12.8 Å². The molecule has 0 spiro atoms. The highest BCUT2D eigenvalue weighted by molar-refractivity contribution is 5.81. The highest BCUT2D eigenvalue weighted by Gasteiger charge is 2.50. The Bertz CT molecular complexity index is 211. The van der Waals surface area contributed by atoms with Crippen molar-refractivity contribution in [1.29, 1.82) is 0 Å². The van der Waals surface area contributed by atoms with Gasteiger partial charge in [0.1, 0.15) is 0 Å². The van der Waals surface area contributed by atoms with Gasteiger partial charge in [-0.25, -0.2) is 0 Å². The van der Waals surface area contributed by atoms with Crippen LogP contribution in [-0.2, 0) is 9.59 Å². The fourth-order valence-corrected chi connectivity index (χ4v) is 0.957. The Hall–Kier alpha value is -1.10. The Morgan fingerprint density at radius 3 is 2.42 bits per heavy atom. The number of aliphatic carboxylic acids is 1. The van der Waals surface area contributed by atoms with Crippen molar-refractivity contribution in [2.45, 2.75) is 12.8 Å². The van der Waals surface area contributed by atoms with Crippen LogP contribution in [0, 0.1) is 5.41 Å². The fourth-order valence-electron chi connectivity index (χ4n) is 0.957. The molecule has 0 aromatic rings. The van der Waals surface area contributed by atoms with E-state index in [-0.39, 0.29) is 19.0 Å². The van der Waals surface area contributed by atoms with Crippen molar-refractivity contribution in [3.05, 3.63) is 0 Å². The fraction of sp³-hybridized carbons (Fsp3) is 0.714. The van der Waals surface area contributed by atoms with Crippen LogP contribution >= 0.6 is 0 Å². The Balaban J connectivity index is 2.32. The molecule has 0 aromatic heterocycles. The second-order valence-electron chi connectivity index (χ2n) is 3.07. The lowest BCUT2D eigenvalue weighted by atomic mass is 10.1. The summed E-state index contributed by atoms with van der Waals surface area (Å²) in [6, 6.07) is 0. The van der Waals surface area contributed by atoms with Gasteiger partial charge in [0.05, 0.1) is 12.0 Å². The highest BCUT2D eigenvalue weighted by Crippen LogP contribution is 2.45. The third-order valence-corrected chi connectivity index (χ3v) is 2.12. The van der Waals surface area contributed by atoms with Crippen molar-refractivity contribution >= 4 is 11.9 Å². The summed E-state index contributed by atoms with van der Waals surface area (Å²) in [5.74, 6) is -1.14. The first-order chi connectivity index (χ1) is 5.60. The molecule has 0 atom stereocenters. The number of amides is 1. The van der Waals surface area contributed by atoms with Crippen LogP contribution in [-0.4, -0.2) is 30.1 Å². The normalized spacial score (nSPS) is 18.4. The minimum Gasteiger partial charge on any atom is -0.481 e. The maximum absolute atomic E-state index is 10.7. The van der Waals surface area contributed by atoms with E-state index in [0.717, 1.165) is 0 Å². The maximum Gasteiger partial charge on any atom is 0.311 e. The number of rotatable bonds is 4. The van der Waals surface area contributed by atoms with Crippen LogP contribution in [0.2, 0.25) is 0 Å². The zero-order valence-corrected chi connectivity index (χ0v) is 6.67. The maximum atomic E-state index is 10.7. The van der Waals surface area contributed by atoms with Crippen LogP contribution in [0.5, 0.6) is 0 Å². The second-order valence-corrected chi connectivity index (χ2v) is 3.07. The third kappa shape index (κ3) is 1.73. The molecule has 0 heterocycles. The number of carbonyl (C=O) groups is 2. The molecule has 1 rings (SSSR count). The molecule has 0 bridgehead atoms. The second kappa shape index (κ2) is 3.10. The monoisotopic (exact) mass is 172 g/mol. The predicted octanol–water partition coefficient (Wildman–Crippen LogP) is -1.07. The SMILES string of the molecule is NCC(=O)NCC1(C(=O)O)CC1. The molecule has 0 unspecified atom stereocenters. The van der Waals surface area contributed by atoms with Gasteiger partial charge in [0.25, 0.3) is 0 Å². The van der Waals surface area contributed by atoms with Crippen molar-refractivity contribution in [3.8, 4) is 0 Å². The lowest BCUT2D eigenvalue weighted by Gasteiger charge is -2.09. The van der Waals surface area contributed by atoms with E-state index in [1.54, 1.807) is 0 Å². The molecule has 0 radical (unpaired) electrons. The molecule has 0 saturated heterocycles. The van der Waals surface area contributed by atoms with E-state index in [0.29, 0.717) is 12.8 Å². The lowest BCUT2D eigenvalue weighted by molar-refractivity contribution is -0.143. The van der Waals surface area contributed by atoms with Crippen LogP contribution in [0.15, 0.2) is 0 Å². The lowest BCUT2D eigenvalue weighted by Crippen LogP contribution is -2.37. The standard InChI is InChI=1S/C7H12N2O3/c8-3-5(10)9-4-7(1-2-7)6(11)12/h1-4,8H2,(H,9,10)(H,11,12). The number of carbonyl (C=O) groups excluding carboxylic acids is 1. The molecular formula is C7H12N2O3. The summed E-state index contributed by atoms with van der Waals surface area (Å²) >= 11 is 0. The van der Waals surface area contributed by atoms with Gasteiger partial charge < -0.3 is 16.2 Å². The van der Waals surface area contributed by atoms with Crippen LogP contribution in [0.4, 0.5) is 0 Å². The molecule has 0 aromatic carbocycles. The quantitative estimate of drug-likeness (QED) is 0.503. The third-order valence-electron chi connectivity index (χ3n) is 2.12. The molecule has 5 heteroatoms. The van der Waals surface area contributed by atoms with E-state index in [4.69, 9.17) is 10.8 Å². The summed E-state index contributed by atoms with van der Waals surface area (Å²) in [5, 5.41) is 11.2. The van der Waals surface area contributed by atoms with Gasteiger partial charge in [-0.1, -0.05) is 0 Å². The first-order valence-electron chi connectivity index (χ1n) is 3.81. The van der Waals surface area contributed by atoms with E-state index < -0.39 is 11.4 Å². The van der Waals surface area contributed by atoms with Gasteiger partial charge in [0.15, 0.2) is 0 Å². The Kier molecular flexibility index (Phi) is 2.32. The largest absolute Gasteiger partial charge is 0.481 e. The van der Waals surface area contributed by atoms with Crippen molar-refractivity contribution in [2.24, 2.45) is 11.1 Å². The number of hydrogen-bond donors (Lipinski definition) is 3. The first-order valence-corrected chi connectivity index (χ1v) is 3.81. The number of nitrogens with one attached hydrogen (secondary N) is 1. The smallest absolute Gasteiger partial charge is 0.311 e. The van der Waals surface area contributed by atoms with E-state index in [1.165, 1.54) is 0 Å². The summed E-state index contributed by atoms with van der Waals surface area (Å²) in [5.41, 5.74) is 4.35. The molecule has 5 nitrogen and oxygen atoms in total. The minimum absolute atomic E-state index is 0.0876. The molecule has 1 aliphatic rings. The zero-order chi connectivity index (χ0) is 9.19. The van der Waals surface area contributed by atoms with Crippen LogP contribution in [0.1, 0.15) is 12.8 Å². The van der Waals surface area contributed by atoms with E-state index in [2.05, 4.69) is 5.32 Å². The highest BCUT2D eigenvalue weighted by atomic mass is 16.4. The van der Waals surface area contributed by atoms with E-state index >= 15 is 0 Å². The Morgan fingerprint density at radius 1 is 1.50 bits per heavy atom. The topological polar surface area (TPSA) is 92.4 Å². The van der Waals surface area contributed by atoms with E-state index in [1.807, 2.05) is 0 Å². The summed E-state index contributed by atoms with van der Waals surface area (Å²) < 4.78 is 0. The van der Waals surface area contributed by atoms with Gasteiger partial charge in [0.2, 0.25) is 5.91 Å². The Labute approximate surface area is 69.9 Å². The van der Waals surface area contributed by atoms with Gasteiger partial charge >= 0.3 is 5.97 Å². The van der Waals surface area contributed by atoms with Gasteiger partial charge in [-0.3, -0.25) is 9.59 Å². The molecule has 1 saturated carbocycles. The van der Waals surface area contributed by atoms with Crippen molar-refractivity contribution < 1.29 is 14.7 Å². The number of carboxylic acid groups (broad SMARTS) is 1. The van der Waals surface area contributed by atoms with Crippen LogP contribution in [0.25, 0.3) is 0 Å². The van der Waals surface area contributed by atoms with Crippen LogP contribution in [0.3, 0.4) is 0 Å². The molecule has 1 fully saturated rings. The van der Waals surface area contributed by atoms with Crippen molar-refractivity contribution in [3.63, 3.8) is 0 Å². The molecule has 4 N–H and O–H groups in total. The molecule has 1 aliphatic carbocycles. The summed E-state index contributed by atoms with van der Waals surface area (Å²) in [7, 11) is 0. The van der Waals surface area contributed by atoms with Crippen molar-refractivity contribution in [1.82, 2.24) is 5.32 Å². The van der Waals surface area contributed by atoms with Gasteiger partial charge in [-0.2, -0.15) is 0 Å². The molecular weight excluding hydrogens is 160 g/mol. The summed E-state index contributed by atoms with van der Waals surface area (Å²) in [6.45, 7) is 0.119. The molecule has 0 aliphatic heterocycles. The van der Waals surface area contributed by atoms with Gasteiger partial charge in [0, 0.05) is 6.54 Å². The van der Waals surface area contributed by atoms with Gasteiger partial charge in [-0.15, -0.1) is 0 Å². The number of carboxylic acids is 1. The summed E-state index contributed by atoms with van der Waals surface area (Å²) in [4.78, 5) is 21.3. The van der Waals surface area contributed by atoms with Crippen molar-refractivity contribution in [2.75, 3.05) is 13.1 Å². The number of nitrogens with two attached hydrogens (primary N) is 1. The molecule has 68 valence electrons. The predicted molar refractivity (Wildman–Crippen MR) is 41.4 cm³/mol. The zero-order valence-electron chi connectivity index (χ0n) is 6.67. The minimum atomic E-state index is -0.833. The first kappa shape index (κ1) is 8.99. The molecule has 1 amide bonds. The van der Waals surface area contributed by atoms with Crippen LogP contribution < -0.4 is 11.1 Å². The Morgan fingerprint density at radius 2 is 2.08 bits per heavy atom. The summed E-state index contributed by atoms with van der Waals surface area (Å²) in [6.07, 6.45) is 1.29. The average molecular weight is 172 g/mol.